The van der Waals surface area contributed by atoms with Gasteiger partial charge in [-0.15, -0.1) is 0 Å². The second-order valence-corrected chi connectivity index (χ2v) is 6.94. The van der Waals surface area contributed by atoms with Gasteiger partial charge in [0.15, 0.2) is 5.78 Å². The normalized spacial score (nSPS) is 15.0. The van der Waals surface area contributed by atoms with Crippen molar-refractivity contribution in [3.63, 3.8) is 0 Å². The van der Waals surface area contributed by atoms with Crippen LogP contribution in [0.2, 0.25) is 0 Å². The van der Waals surface area contributed by atoms with Crippen LogP contribution < -0.4 is 4.90 Å². The first-order chi connectivity index (χ1) is 11.5. The van der Waals surface area contributed by atoms with Crippen LogP contribution in [0.3, 0.4) is 0 Å². The van der Waals surface area contributed by atoms with Crippen LogP contribution in [-0.2, 0) is 0 Å². The Bertz CT molecular complexity index is 722. The molecule has 24 heavy (non-hydrogen) atoms. The van der Waals surface area contributed by atoms with Crippen molar-refractivity contribution in [3.05, 3.63) is 47.3 Å². The fourth-order valence-electron chi connectivity index (χ4n) is 3.57. The average Bonchev–Trinajstić information content (AvgIpc) is 3.15. The van der Waals surface area contributed by atoms with Gasteiger partial charge in [0, 0.05) is 42.4 Å². The summed E-state index contributed by atoms with van der Waals surface area (Å²) in [6.45, 7) is 6.76. The molecule has 1 saturated heterocycles. The van der Waals surface area contributed by atoms with E-state index in [0.29, 0.717) is 6.54 Å². The second kappa shape index (κ2) is 6.81. The molecule has 4 heteroatoms. The molecular weight excluding hydrogens is 298 g/mol. The van der Waals surface area contributed by atoms with Crippen molar-refractivity contribution in [1.29, 1.82) is 0 Å². The van der Waals surface area contributed by atoms with E-state index in [-0.39, 0.29) is 5.78 Å². The molecule has 2 aromatic rings. The van der Waals surface area contributed by atoms with Gasteiger partial charge >= 0.3 is 0 Å². The van der Waals surface area contributed by atoms with Crippen molar-refractivity contribution >= 4 is 11.5 Å². The van der Waals surface area contributed by atoms with Crippen LogP contribution in [0.15, 0.2) is 30.3 Å². The van der Waals surface area contributed by atoms with E-state index in [1.807, 2.05) is 27.1 Å². The summed E-state index contributed by atoms with van der Waals surface area (Å²) < 4.78 is 2.18. The molecular formula is C20H27N3O. The highest BCUT2D eigenvalue weighted by molar-refractivity contribution is 5.99. The van der Waals surface area contributed by atoms with Crippen molar-refractivity contribution in [2.75, 3.05) is 38.6 Å². The lowest BCUT2D eigenvalue weighted by Gasteiger charge is -2.15. The maximum absolute atomic E-state index is 12.7. The molecule has 1 aromatic heterocycles. The molecule has 1 aliphatic heterocycles. The monoisotopic (exact) mass is 325 g/mol. The molecule has 0 spiro atoms. The summed E-state index contributed by atoms with van der Waals surface area (Å²) >= 11 is 0. The molecule has 1 aromatic carbocycles. The number of benzene rings is 1. The molecule has 0 atom stereocenters. The highest BCUT2D eigenvalue weighted by Crippen LogP contribution is 2.23. The number of Topliss-reactive ketones (excluding diaryl/α,β-unsaturated/α-hetero) is 1. The first-order valence-corrected chi connectivity index (χ1v) is 8.69. The fourth-order valence-corrected chi connectivity index (χ4v) is 3.57. The van der Waals surface area contributed by atoms with Gasteiger partial charge < -0.3 is 9.47 Å². The molecule has 4 nitrogen and oxygen atoms in total. The van der Waals surface area contributed by atoms with Crippen LogP contribution in [0.1, 0.15) is 34.6 Å². The van der Waals surface area contributed by atoms with Gasteiger partial charge in [0.05, 0.1) is 6.54 Å². The van der Waals surface area contributed by atoms with Gasteiger partial charge in [-0.3, -0.25) is 9.69 Å². The Kier molecular flexibility index (Phi) is 4.76. The number of aromatic nitrogens is 1. The summed E-state index contributed by atoms with van der Waals surface area (Å²) in [7, 11) is 4.08. The summed E-state index contributed by atoms with van der Waals surface area (Å²) in [5, 5.41) is 0. The number of anilines is 1. The quantitative estimate of drug-likeness (QED) is 0.789. The van der Waals surface area contributed by atoms with Gasteiger partial charge in [0.1, 0.15) is 0 Å². The Morgan fingerprint density at radius 2 is 1.71 bits per heavy atom. The number of carbonyl (C=O) groups excluding carboxylic acids is 1. The van der Waals surface area contributed by atoms with E-state index >= 15 is 0 Å². The minimum atomic E-state index is 0.237. The van der Waals surface area contributed by atoms with E-state index in [2.05, 4.69) is 45.6 Å². The summed E-state index contributed by atoms with van der Waals surface area (Å²) in [4.78, 5) is 17.1. The topological polar surface area (TPSA) is 28.5 Å². The Balaban J connectivity index is 1.87. The van der Waals surface area contributed by atoms with Crippen LogP contribution >= 0.6 is 0 Å². The van der Waals surface area contributed by atoms with Crippen molar-refractivity contribution in [2.24, 2.45) is 0 Å². The molecule has 0 bridgehead atoms. The number of hydrogen-bond donors (Lipinski definition) is 0. The van der Waals surface area contributed by atoms with Crippen LogP contribution in [0.25, 0.3) is 5.69 Å². The van der Waals surface area contributed by atoms with Crippen molar-refractivity contribution < 1.29 is 4.79 Å². The van der Waals surface area contributed by atoms with E-state index in [4.69, 9.17) is 0 Å². The summed E-state index contributed by atoms with van der Waals surface area (Å²) in [6.07, 6.45) is 2.43. The Labute approximate surface area is 144 Å². The Morgan fingerprint density at radius 3 is 2.29 bits per heavy atom. The van der Waals surface area contributed by atoms with E-state index in [1.165, 1.54) is 18.5 Å². The molecule has 3 rings (SSSR count). The summed E-state index contributed by atoms with van der Waals surface area (Å²) in [5.74, 6) is 0.237. The maximum atomic E-state index is 12.7. The van der Waals surface area contributed by atoms with Crippen molar-refractivity contribution in [2.45, 2.75) is 26.7 Å². The number of aryl methyl sites for hydroxylation is 1. The predicted octanol–water partition coefficient (Wildman–Crippen LogP) is 3.44. The maximum Gasteiger partial charge on any atom is 0.178 e. The first-order valence-electron chi connectivity index (χ1n) is 8.69. The smallest absolute Gasteiger partial charge is 0.178 e. The van der Waals surface area contributed by atoms with E-state index < -0.39 is 0 Å². The highest BCUT2D eigenvalue weighted by Gasteiger charge is 2.20. The van der Waals surface area contributed by atoms with Crippen molar-refractivity contribution in [3.8, 4) is 5.69 Å². The zero-order chi connectivity index (χ0) is 17.3. The molecule has 1 fully saturated rings. The van der Waals surface area contributed by atoms with Crippen LogP contribution in [-0.4, -0.2) is 49.0 Å². The van der Waals surface area contributed by atoms with Crippen LogP contribution in [0, 0.1) is 13.8 Å². The highest BCUT2D eigenvalue weighted by atomic mass is 16.1. The zero-order valence-electron chi connectivity index (χ0n) is 15.2. The molecule has 0 amide bonds. The van der Waals surface area contributed by atoms with Crippen LogP contribution in [0.5, 0.6) is 0 Å². The Hall–Kier alpha value is -2.07. The zero-order valence-corrected chi connectivity index (χ0v) is 15.2. The third-order valence-corrected chi connectivity index (χ3v) is 4.92. The molecule has 0 N–H and O–H groups in total. The van der Waals surface area contributed by atoms with Gasteiger partial charge in [-0.05, 0) is 70.1 Å². The number of nitrogens with zero attached hydrogens (tertiary/aromatic N) is 3. The molecule has 1 aliphatic rings. The number of likely N-dealkylation sites (tertiary alicyclic amines) is 1. The first kappa shape index (κ1) is 16.8. The lowest BCUT2D eigenvalue weighted by molar-refractivity contribution is 0.0944. The van der Waals surface area contributed by atoms with Gasteiger partial charge in [-0.25, -0.2) is 0 Å². The van der Waals surface area contributed by atoms with Gasteiger partial charge in [-0.1, -0.05) is 0 Å². The van der Waals surface area contributed by atoms with E-state index in [1.54, 1.807) is 0 Å². The third-order valence-electron chi connectivity index (χ3n) is 4.92. The predicted molar refractivity (Wildman–Crippen MR) is 99.6 cm³/mol. The summed E-state index contributed by atoms with van der Waals surface area (Å²) in [5.41, 5.74) is 5.28. The minimum Gasteiger partial charge on any atom is -0.378 e. The van der Waals surface area contributed by atoms with Gasteiger partial charge in [0.25, 0.3) is 0 Å². The molecule has 0 radical (unpaired) electrons. The molecule has 0 aliphatic carbocycles. The molecule has 128 valence electrons. The largest absolute Gasteiger partial charge is 0.378 e. The van der Waals surface area contributed by atoms with Gasteiger partial charge in [-0.2, -0.15) is 0 Å². The standard InChI is InChI=1S/C20H27N3O/c1-15-13-19(20(24)14-22-11-5-6-12-22)16(2)23(15)18-9-7-17(8-10-18)21(3)4/h7-10,13H,5-6,11-12,14H2,1-4H3. The number of ketones is 1. The van der Waals surface area contributed by atoms with Gasteiger partial charge in [0.2, 0.25) is 0 Å². The lowest BCUT2D eigenvalue weighted by Crippen LogP contribution is -2.27. The number of rotatable bonds is 5. The Morgan fingerprint density at radius 1 is 1.08 bits per heavy atom. The summed E-state index contributed by atoms with van der Waals surface area (Å²) in [6, 6.07) is 10.5. The SMILES string of the molecule is Cc1cc(C(=O)CN2CCCC2)c(C)n1-c1ccc(N(C)C)cc1. The second-order valence-electron chi connectivity index (χ2n) is 6.94. The van der Waals surface area contributed by atoms with Crippen molar-refractivity contribution in [1.82, 2.24) is 9.47 Å². The number of carbonyl (C=O) groups is 1. The number of hydrogen-bond acceptors (Lipinski definition) is 3. The van der Waals surface area contributed by atoms with Crippen LogP contribution in [0.4, 0.5) is 5.69 Å². The minimum absolute atomic E-state index is 0.237. The van der Waals surface area contributed by atoms with E-state index in [0.717, 1.165) is 35.7 Å². The molecule has 0 saturated carbocycles. The molecule has 0 unspecified atom stereocenters. The van der Waals surface area contributed by atoms with E-state index in [9.17, 15) is 4.79 Å². The molecule has 2 heterocycles. The fraction of sp³-hybridized carbons (Fsp3) is 0.450. The third kappa shape index (κ3) is 3.24. The average molecular weight is 325 g/mol. The lowest BCUT2D eigenvalue weighted by atomic mass is 10.1.